The molecule has 1 aromatic heterocycles. The van der Waals surface area contributed by atoms with Crippen LogP contribution >= 0.6 is 23.6 Å². The van der Waals surface area contributed by atoms with Crippen molar-refractivity contribution >= 4 is 33.7 Å². The third-order valence-electron chi connectivity index (χ3n) is 2.78. The SMILES string of the molecule is Cc1nc(N2CCN(C)CC2)sc1C(N)=S. The lowest BCUT2D eigenvalue weighted by Crippen LogP contribution is -2.44. The maximum Gasteiger partial charge on any atom is 0.186 e. The fourth-order valence-electron chi connectivity index (χ4n) is 1.74. The van der Waals surface area contributed by atoms with Crippen LogP contribution in [0.1, 0.15) is 10.6 Å². The Labute approximate surface area is 105 Å². The highest BCUT2D eigenvalue weighted by atomic mass is 32.1. The molecule has 0 atom stereocenters. The molecule has 1 fully saturated rings. The van der Waals surface area contributed by atoms with E-state index < -0.39 is 0 Å². The summed E-state index contributed by atoms with van der Waals surface area (Å²) < 4.78 is 0. The van der Waals surface area contributed by atoms with Gasteiger partial charge in [0.15, 0.2) is 5.13 Å². The minimum atomic E-state index is 0.454. The molecule has 0 radical (unpaired) electrons. The molecule has 2 heterocycles. The summed E-state index contributed by atoms with van der Waals surface area (Å²) in [6.45, 7) is 6.19. The molecule has 2 N–H and O–H groups in total. The Hall–Kier alpha value is -0.720. The molecule has 0 spiro atoms. The molecule has 1 aliphatic heterocycles. The van der Waals surface area contributed by atoms with Gasteiger partial charge in [-0.25, -0.2) is 4.98 Å². The Bertz CT molecular complexity index is 394. The largest absolute Gasteiger partial charge is 0.389 e. The molecular formula is C10H16N4S2. The highest BCUT2D eigenvalue weighted by Gasteiger charge is 2.19. The number of thiocarbonyl (C=S) groups is 1. The van der Waals surface area contributed by atoms with Crippen LogP contribution in [0.4, 0.5) is 5.13 Å². The Morgan fingerprint density at radius 1 is 1.38 bits per heavy atom. The highest BCUT2D eigenvalue weighted by Crippen LogP contribution is 2.26. The molecule has 0 amide bonds. The molecule has 1 aromatic rings. The first-order valence-corrected chi connectivity index (χ1v) is 6.51. The van der Waals surface area contributed by atoms with Crippen LogP contribution in [0.2, 0.25) is 0 Å². The smallest absolute Gasteiger partial charge is 0.186 e. The lowest BCUT2D eigenvalue weighted by Gasteiger charge is -2.32. The van der Waals surface area contributed by atoms with Crippen molar-refractivity contribution in [2.75, 3.05) is 38.1 Å². The lowest BCUT2D eigenvalue weighted by atomic mass is 10.3. The van der Waals surface area contributed by atoms with Crippen LogP contribution < -0.4 is 10.6 Å². The summed E-state index contributed by atoms with van der Waals surface area (Å²) in [7, 11) is 2.14. The van der Waals surface area contributed by atoms with E-state index in [4.69, 9.17) is 18.0 Å². The van der Waals surface area contributed by atoms with Gasteiger partial charge in [0, 0.05) is 26.2 Å². The monoisotopic (exact) mass is 256 g/mol. The van der Waals surface area contributed by atoms with Crippen LogP contribution in [0.5, 0.6) is 0 Å². The molecule has 0 aromatic carbocycles. The second kappa shape index (κ2) is 4.65. The van der Waals surface area contributed by atoms with Gasteiger partial charge in [-0.05, 0) is 14.0 Å². The topological polar surface area (TPSA) is 45.4 Å². The van der Waals surface area contributed by atoms with E-state index in [1.165, 1.54) is 0 Å². The molecule has 2 rings (SSSR count). The Morgan fingerprint density at radius 2 is 2.00 bits per heavy atom. The van der Waals surface area contributed by atoms with Crippen molar-refractivity contribution in [1.82, 2.24) is 9.88 Å². The van der Waals surface area contributed by atoms with Gasteiger partial charge in [0.05, 0.1) is 10.6 Å². The Balaban J connectivity index is 2.15. The molecule has 6 heteroatoms. The summed E-state index contributed by atoms with van der Waals surface area (Å²) in [5.41, 5.74) is 6.61. The Kier molecular flexibility index (Phi) is 3.41. The molecule has 0 aliphatic carbocycles. The number of nitrogens with two attached hydrogens (primary N) is 1. The predicted molar refractivity (Wildman–Crippen MR) is 72.4 cm³/mol. The average molecular weight is 256 g/mol. The van der Waals surface area contributed by atoms with Crippen LogP contribution in [-0.4, -0.2) is 48.1 Å². The third kappa shape index (κ3) is 2.34. The minimum Gasteiger partial charge on any atom is -0.389 e. The van der Waals surface area contributed by atoms with Gasteiger partial charge < -0.3 is 15.5 Å². The van der Waals surface area contributed by atoms with E-state index in [0.717, 1.165) is 41.9 Å². The van der Waals surface area contributed by atoms with E-state index >= 15 is 0 Å². The van der Waals surface area contributed by atoms with Gasteiger partial charge in [-0.3, -0.25) is 0 Å². The first-order chi connectivity index (χ1) is 7.58. The van der Waals surface area contributed by atoms with Crippen molar-refractivity contribution in [2.45, 2.75) is 6.92 Å². The van der Waals surface area contributed by atoms with E-state index in [0.29, 0.717) is 4.99 Å². The summed E-state index contributed by atoms with van der Waals surface area (Å²) in [5.74, 6) is 0. The summed E-state index contributed by atoms with van der Waals surface area (Å²) in [4.78, 5) is 10.6. The molecule has 4 nitrogen and oxygen atoms in total. The zero-order valence-corrected chi connectivity index (χ0v) is 11.2. The fourth-order valence-corrected chi connectivity index (χ4v) is 2.99. The fraction of sp³-hybridized carbons (Fsp3) is 0.600. The molecule has 0 unspecified atom stereocenters. The second-order valence-corrected chi connectivity index (χ2v) is 5.48. The molecule has 1 saturated heterocycles. The summed E-state index contributed by atoms with van der Waals surface area (Å²) in [5, 5.41) is 1.05. The van der Waals surface area contributed by atoms with Gasteiger partial charge in [0.2, 0.25) is 0 Å². The van der Waals surface area contributed by atoms with Crippen LogP contribution in [-0.2, 0) is 0 Å². The van der Waals surface area contributed by atoms with Gasteiger partial charge in [-0.1, -0.05) is 23.6 Å². The number of anilines is 1. The molecule has 0 saturated carbocycles. The lowest BCUT2D eigenvalue weighted by molar-refractivity contribution is 0.312. The van der Waals surface area contributed by atoms with Crippen LogP contribution in [0.3, 0.4) is 0 Å². The van der Waals surface area contributed by atoms with Crippen molar-refractivity contribution in [3.05, 3.63) is 10.6 Å². The molecule has 88 valence electrons. The van der Waals surface area contributed by atoms with Crippen molar-refractivity contribution in [1.29, 1.82) is 0 Å². The average Bonchev–Trinajstić information content (AvgIpc) is 2.61. The molecule has 1 aliphatic rings. The number of nitrogens with zero attached hydrogens (tertiary/aromatic N) is 3. The molecular weight excluding hydrogens is 240 g/mol. The van der Waals surface area contributed by atoms with Crippen molar-refractivity contribution in [3.63, 3.8) is 0 Å². The predicted octanol–water partition coefficient (Wildman–Crippen LogP) is 0.838. The maximum absolute atomic E-state index is 5.65. The van der Waals surface area contributed by atoms with E-state index in [2.05, 4.69) is 21.8 Å². The van der Waals surface area contributed by atoms with Crippen molar-refractivity contribution in [3.8, 4) is 0 Å². The summed E-state index contributed by atoms with van der Waals surface area (Å²) in [6.07, 6.45) is 0. The number of rotatable bonds is 2. The van der Waals surface area contributed by atoms with E-state index in [-0.39, 0.29) is 0 Å². The van der Waals surface area contributed by atoms with Crippen LogP contribution in [0.25, 0.3) is 0 Å². The van der Waals surface area contributed by atoms with Crippen molar-refractivity contribution < 1.29 is 0 Å². The second-order valence-electron chi connectivity index (χ2n) is 4.07. The van der Waals surface area contributed by atoms with Gasteiger partial charge in [0.25, 0.3) is 0 Å². The highest BCUT2D eigenvalue weighted by molar-refractivity contribution is 7.81. The Morgan fingerprint density at radius 3 is 2.50 bits per heavy atom. The number of hydrogen-bond acceptors (Lipinski definition) is 5. The third-order valence-corrected chi connectivity index (χ3v) is 4.37. The van der Waals surface area contributed by atoms with Crippen LogP contribution in [0.15, 0.2) is 0 Å². The number of aryl methyl sites for hydroxylation is 1. The standard InChI is InChI=1S/C10H16N4S2/c1-7-8(9(11)15)16-10(12-7)14-5-3-13(2)4-6-14/h3-6H2,1-2H3,(H2,11,15). The first-order valence-electron chi connectivity index (χ1n) is 5.28. The van der Waals surface area contributed by atoms with Gasteiger partial charge in [-0.2, -0.15) is 0 Å². The van der Waals surface area contributed by atoms with Gasteiger partial charge in [0.1, 0.15) is 4.99 Å². The number of hydrogen-bond donors (Lipinski definition) is 1. The number of aromatic nitrogens is 1. The quantitative estimate of drug-likeness (QED) is 0.794. The normalized spacial score (nSPS) is 17.8. The zero-order chi connectivity index (χ0) is 11.7. The van der Waals surface area contributed by atoms with E-state index in [9.17, 15) is 0 Å². The zero-order valence-electron chi connectivity index (χ0n) is 9.56. The number of piperazine rings is 1. The number of likely N-dealkylation sites (N-methyl/N-ethyl adjacent to an activating group) is 1. The van der Waals surface area contributed by atoms with E-state index in [1.54, 1.807) is 11.3 Å². The molecule has 0 bridgehead atoms. The van der Waals surface area contributed by atoms with E-state index in [1.807, 2.05) is 6.92 Å². The van der Waals surface area contributed by atoms with Crippen molar-refractivity contribution in [2.24, 2.45) is 5.73 Å². The molecule has 16 heavy (non-hydrogen) atoms. The van der Waals surface area contributed by atoms with Gasteiger partial charge in [-0.15, -0.1) is 0 Å². The van der Waals surface area contributed by atoms with Crippen LogP contribution in [0, 0.1) is 6.92 Å². The number of thiazole rings is 1. The summed E-state index contributed by atoms with van der Waals surface area (Å²) in [6, 6.07) is 0. The first kappa shape index (κ1) is 11.8. The summed E-state index contributed by atoms with van der Waals surface area (Å²) >= 11 is 6.61. The van der Waals surface area contributed by atoms with Gasteiger partial charge >= 0.3 is 0 Å². The maximum atomic E-state index is 5.65. The minimum absolute atomic E-state index is 0.454.